The lowest BCUT2D eigenvalue weighted by atomic mass is 10.2. The van der Waals surface area contributed by atoms with Crippen LogP contribution in [0.15, 0.2) is 47.6 Å². The summed E-state index contributed by atoms with van der Waals surface area (Å²) in [5, 5.41) is 9.52. The van der Waals surface area contributed by atoms with Gasteiger partial charge in [0.05, 0.1) is 5.02 Å². The zero-order valence-corrected chi connectivity index (χ0v) is 14.0. The minimum atomic E-state index is -0.260. The van der Waals surface area contributed by atoms with Gasteiger partial charge in [-0.05, 0) is 29.8 Å². The molecular formula is C15H11Cl2FN4S. The normalized spacial score (nSPS) is 10.9. The highest BCUT2D eigenvalue weighted by Crippen LogP contribution is 2.31. The number of hydrogen-bond donors (Lipinski definition) is 1. The predicted molar refractivity (Wildman–Crippen MR) is 91.6 cm³/mol. The molecule has 23 heavy (non-hydrogen) atoms. The van der Waals surface area contributed by atoms with Crippen molar-refractivity contribution in [3.8, 4) is 11.4 Å². The molecular weight excluding hydrogens is 358 g/mol. The summed E-state index contributed by atoms with van der Waals surface area (Å²) in [7, 11) is 0. The third-order valence-electron chi connectivity index (χ3n) is 3.15. The first kappa shape index (κ1) is 16.1. The molecule has 0 amide bonds. The largest absolute Gasteiger partial charge is 0.335 e. The quantitative estimate of drug-likeness (QED) is 0.547. The van der Waals surface area contributed by atoms with Gasteiger partial charge in [-0.3, -0.25) is 0 Å². The Bertz CT molecular complexity index is 853. The van der Waals surface area contributed by atoms with E-state index >= 15 is 0 Å². The molecule has 0 bridgehead atoms. The molecule has 4 nitrogen and oxygen atoms in total. The van der Waals surface area contributed by atoms with Crippen molar-refractivity contribution in [2.24, 2.45) is 0 Å². The van der Waals surface area contributed by atoms with Gasteiger partial charge in [-0.25, -0.2) is 9.07 Å². The number of halogens is 3. The number of thioether (sulfide) groups is 1. The van der Waals surface area contributed by atoms with Gasteiger partial charge in [-0.1, -0.05) is 53.2 Å². The molecule has 0 aliphatic carbocycles. The van der Waals surface area contributed by atoms with Crippen LogP contribution in [0.1, 0.15) is 5.56 Å². The van der Waals surface area contributed by atoms with Crippen molar-refractivity contribution in [3.05, 3.63) is 63.9 Å². The third kappa shape index (κ3) is 3.44. The first-order chi connectivity index (χ1) is 11.1. The molecule has 0 saturated heterocycles. The topological polar surface area (TPSA) is 56.7 Å². The second-order valence-electron chi connectivity index (χ2n) is 4.68. The van der Waals surface area contributed by atoms with Crippen LogP contribution in [0.3, 0.4) is 0 Å². The second kappa shape index (κ2) is 6.78. The molecule has 1 aromatic heterocycles. The van der Waals surface area contributed by atoms with Gasteiger partial charge in [-0.2, -0.15) is 0 Å². The summed E-state index contributed by atoms with van der Waals surface area (Å²) in [4.78, 5) is 0. The highest BCUT2D eigenvalue weighted by Gasteiger charge is 2.15. The number of benzene rings is 2. The van der Waals surface area contributed by atoms with Crippen LogP contribution in [0.4, 0.5) is 4.39 Å². The lowest BCUT2D eigenvalue weighted by molar-refractivity contribution is 0.617. The fourth-order valence-electron chi connectivity index (χ4n) is 1.99. The fraction of sp³-hybridized carbons (Fsp3) is 0.0667. The van der Waals surface area contributed by atoms with E-state index in [1.54, 1.807) is 36.4 Å². The van der Waals surface area contributed by atoms with Crippen LogP contribution in [0.2, 0.25) is 10.0 Å². The zero-order chi connectivity index (χ0) is 16.4. The molecule has 0 atom stereocenters. The second-order valence-corrected chi connectivity index (χ2v) is 6.47. The number of aromatic nitrogens is 3. The van der Waals surface area contributed by atoms with Gasteiger partial charge >= 0.3 is 0 Å². The molecule has 1 heterocycles. The Morgan fingerprint density at radius 2 is 1.91 bits per heavy atom. The van der Waals surface area contributed by atoms with Crippen molar-refractivity contribution in [1.82, 2.24) is 14.9 Å². The Balaban J connectivity index is 1.83. The van der Waals surface area contributed by atoms with E-state index in [1.165, 1.54) is 22.5 Å². The molecule has 0 unspecified atom stereocenters. The summed E-state index contributed by atoms with van der Waals surface area (Å²) in [6.45, 7) is 0. The number of hydrogen-bond acceptors (Lipinski definition) is 4. The zero-order valence-electron chi connectivity index (χ0n) is 11.7. The smallest absolute Gasteiger partial charge is 0.210 e. The molecule has 8 heteroatoms. The molecule has 0 fully saturated rings. The van der Waals surface area contributed by atoms with E-state index in [-0.39, 0.29) is 5.82 Å². The van der Waals surface area contributed by atoms with Gasteiger partial charge in [0, 0.05) is 16.3 Å². The van der Waals surface area contributed by atoms with Crippen LogP contribution in [-0.4, -0.2) is 14.9 Å². The monoisotopic (exact) mass is 368 g/mol. The summed E-state index contributed by atoms with van der Waals surface area (Å²) in [6, 6.07) is 11.6. The van der Waals surface area contributed by atoms with Gasteiger partial charge in [0.25, 0.3) is 0 Å². The van der Waals surface area contributed by atoms with Crippen molar-refractivity contribution in [1.29, 1.82) is 0 Å². The third-order valence-corrected chi connectivity index (χ3v) is 4.69. The molecule has 3 rings (SSSR count). The Hall–Kier alpha value is -1.76. The maximum atomic E-state index is 13.6. The maximum Gasteiger partial charge on any atom is 0.210 e. The van der Waals surface area contributed by atoms with Crippen LogP contribution in [0.25, 0.3) is 11.4 Å². The van der Waals surface area contributed by atoms with Crippen LogP contribution in [0.5, 0.6) is 0 Å². The number of nitrogen functional groups attached to an aromatic ring is 1. The highest BCUT2D eigenvalue weighted by atomic mass is 35.5. The fourth-order valence-corrected chi connectivity index (χ4v) is 3.32. The van der Waals surface area contributed by atoms with Crippen molar-refractivity contribution in [2.45, 2.75) is 10.9 Å². The molecule has 0 radical (unpaired) electrons. The molecule has 2 N–H and O–H groups in total. The molecule has 118 valence electrons. The molecule has 2 aromatic carbocycles. The van der Waals surface area contributed by atoms with E-state index in [9.17, 15) is 4.39 Å². The average molecular weight is 369 g/mol. The van der Waals surface area contributed by atoms with Gasteiger partial charge in [0.1, 0.15) is 5.82 Å². The van der Waals surface area contributed by atoms with Gasteiger partial charge in [0.2, 0.25) is 5.16 Å². The Morgan fingerprint density at radius 1 is 1.13 bits per heavy atom. The minimum Gasteiger partial charge on any atom is -0.335 e. The lowest BCUT2D eigenvalue weighted by Crippen LogP contribution is -2.11. The lowest BCUT2D eigenvalue weighted by Gasteiger charge is -2.06. The summed E-state index contributed by atoms with van der Waals surface area (Å²) in [5.74, 6) is 6.59. The Morgan fingerprint density at radius 3 is 2.65 bits per heavy atom. The first-order valence-electron chi connectivity index (χ1n) is 6.58. The van der Waals surface area contributed by atoms with Crippen LogP contribution >= 0.6 is 35.0 Å². The summed E-state index contributed by atoms with van der Waals surface area (Å²) in [6.07, 6.45) is 0. The summed E-state index contributed by atoms with van der Waals surface area (Å²) >= 11 is 13.3. The predicted octanol–water partition coefficient (Wildman–Crippen LogP) is 4.40. The van der Waals surface area contributed by atoms with E-state index < -0.39 is 0 Å². The van der Waals surface area contributed by atoms with Crippen LogP contribution in [-0.2, 0) is 5.75 Å². The van der Waals surface area contributed by atoms with Crippen LogP contribution in [0, 0.1) is 5.82 Å². The molecule has 3 aromatic rings. The number of nitrogens with zero attached hydrogens (tertiary/aromatic N) is 3. The minimum absolute atomic E-state index is 0.260. The standard InChI is InChI=1S/C15H11Cl2FN4S/c16-10-5-6-11(12(17)7-10)14-20-21-15(22(14)19)23-8-9-3-1-2-4-13(9)18/h1-7H,8,19H2. The number of rotatable bonds is 4. The van der Waals surface area contributed by atoms with E-state index in [2.05, 4.69) is 10.2 Å². The Labute approximate surface area is 146 Å². The summed E-state index contributed by atoms with van der Waals surface area (Å²) < 4.78 is 15.0. The van der Waals surface area contributed by atoms with Gasteiger partial charge in [0.15, 0.2) is 5.82 Å². The highest BCUT2D eigenvalue weighted by molar-refractivity contribution is 7.98. The number of nitrogens with two attached hydrogens (primary N) is 1. The average Bonchev–Trinajstić information content (AvgIpc) is 2.88. The van der Waals surface area contributed by atoms with E-state index in [0.29, 0.717) is 37.9 Å². The first-order valence-corrected chi connectivity index (χ1v) is 8.32. The van der Waals surface area contributed by atoms with E-state index in [0.717, 1.165) is 0 Å². The van der Waals surface area contributed by atoms with E-state index in [4.69, 9.17) is 29.0 Å². The molecule has 0 aliphatic heterocycles. The van der Waals surface area contributed by atoms with Crippen molar-refractivity contribution < 1.29 is 4.39 Å². The Kier molecular flexibility index (Phi) is 4.75. The van der Waals surface area contributed by atoms with Gasteiger partial charge in [-0.15, -0.1) is 10.2 Å². The molecule has 0 aliphatic rings. The summed E-state index contributed by atoms with van der Waals surface area (Å²) in [5.41, 5.74) is 1.20. The van der Waals surface area contributed by atoms with Crippen LogP contribution < -0.4 is 5.84 Å². The molecule has 0 spiro atoms. The van der Waals surface area contributed by atoms with Crippen molar-refractivity contribution >= 4 is 35.0 Å². The van der Waals surface area contributed by atoms with Crippen molar-refractivity contribution in [2.75, 3.05) is 5.84 Å². The van der Waals surface area contributed by atoms with Crippen molar-refractivity contribution in [3.63, 3.8) is 0 Å². The SMILES string of the molecule is Nn1c(SCc2ccccc2F)nnc1-c1ccc(Cl)cc1Cl. The van der Waals surface area contributed by atoms with Gasteiger partial charge < -0.3 is 5.84 Å². The van der Waals surface area contributed by atoms with E-state index in [1.807, 2.05) is 0 Å². The molecule has 0 saturated carbocycles. The maximum absolute atomic E-state index is 13.6.